The molecule has 2 fully saturated rings. The van der Waals surface area contributed by atoms with E-state index in [0.717, 1.165) is 0 Å². The molecule has 2 aliphatic heterocycles. The zero-order chi connectivity index (χ0) is 16.4. The lowest BCUT2D eigenvalue weighted by molar-refractivity contribution is -0.142. The third kappa shape index (κ3) is 2.90. The summed E-state index contributed by atoms with van der Waals surface area (Å²) in [6.45, 7) is 1.02. The smallest absolute Gasteiger partial charge is 0.229 e. The minimum Gasteiger partial charge on any atom is -0.376 e. The molecule has 6 nitrogen and oxygen atoms in total. The SMILES string of the molecule is N#CC1COCCN1C(=O)C1CC(=O)N(c2ccccc2F)C1. The van der Waals surface area contributed by atoms with Gasteiger partial charge in [0.2, 0.25) is 11.8 Å². The number of rotatable bonds is 2. The van der Waals surface area contributed by atoms with E-state index in [1.165, 1.54) is 21.9 Å². The fourth-order valence-electron chi connectivity index (χ4n) is 2.99. The van der Waals surface area contributed by atoms with Crippen molar-refractivity contribution in [2.75, 3.05) is 31.2 Å². The minimum absolute atomic E-state index is 0.0304. The summed E-state index contributed by atoms with van der Waals surface area (Å²) in [5.74, 6) is -1.58. The van der Waals surface area contributed by atoms with Crippen LogP contribution in [0.15, 0.2) is 24.3 Å². The summed E-state index contributed by atoms with van der Waals surface area (Å²) in [5, 5.41) is 9.12. The average Bonchev–Trinajstić information content (AvgIpc) is 2.96. The van der Waals surface area contributed by atoms with Crippen molar-refractivity contribution in [3.05, 3.63) is 30.1 Å². The number of morpholine rings is 1. The first-order valence-corrected chi connectivity index (χ1v) is 7.44. The van der Waals surface area contributed by atoms with Crippen molar-refractivity contribution >= 4 is 17.5 Å². The Morgan fingerprint density at radius 1 is 1.39 bits per heavy atom. The Bertz CT molecular complexity index is 673. The molecular weight excluding hydrogens is 301 g/mol. The van der Waals surface area contributed by atoms with Crippen molar-refractivity contribution in [1.82, 2.24) is 4.90 Å². The van der Waals surface area contributed by atoms with Crippen LogP contribution in [0.1, 0.15) is 6.42 Å². The third-order valence-corrected chi connectivity index (χ3v) is 4.18. The maximum absolute atomic E-state index is 13.9. The molecule has 1 aromatic rings. The molecule has 23 heavy (non-hydrogen) atoms. The van der Waals surface area contributed by atoms with Gasteiger partial charge in [-0.15, -0.1) is 0 Å². The maximum atomic E-state index is 13.9. The molecule has 3 rings (SSSR count). The number of ether oxygens (including phenoxy) is 1. The van der Waals surface area contributed by atoms with Gasteiger partial charge in [-0.3, -0.25) is 9.59 Å². The molecular formula is C16H16FN3O3. The highest BCUT2D eigenvalue weighted by Gasteiger charge is 2.40. The van der Waals surface area contributed by atoms with Crippen molar-refractivity contribution in [3.8, 4) is 6.07 Å². The topological polar surface area (TPSA) is 73.6 Å². The lowest BCUT2D eigenvalue weighted by Gasteiger charge is -2.33. The van der Waals surface area contributed by atoms with Crippen molar-refractivity contribution in [2.24, 2.45) is 5.92 Å². The highest BCUT2D eigenvalue weighted by Crippen LogP contribution is 2.28. The Balaban J connectivity index is 1.76. The molecule has 7 heteroatoms. The van der Waals surface area contributed by atoms with Crippen molar-refractivity contribution in [2.45, 2.75) is 12.5 Å². The second-order valence-electron chi connectivity index (χ2n) is 5.61. The molecule has 2 heterocycles. The highest BCUT2D eigenvalue weighted by molar-refractivity contribution is 6.00. The van der Waals surface area contributed by atoms with Crippen LogP contribution in [0, 0.1) is 23.1 Å². The summed E-state index contributed by atoms with van der Waals surface area (Å²) in [6.07, 6.45) is 0.0304. The molecule has 2 atom stereocenters. The summed E-state index contributed by atoms with van der Waals surface area (Å²) in [7, 11) is 0. The predicted molar refractivity (Wildman–Crippen MR) is 78.8 cm³/mol. The largest absolute Gasteiger partial charge is 0.376 e. The molecule has 0 spiro atoms. The van der Waals surface area contributed by atoms with Gasteiger partial charge < -0.3 is 14.5 Å². The lowest BCUT2D eigenvalue weighted by atomic mass is 10.1. The number of anilines is 1. The van der Waals surface area contributed by atoms with Gasteiger partial charge in [0.25, 0.3) is 0 Å². The molecule has 120 valence electrons. The minimum atomic E-state index is -0.631. The third-order valence-electron chi connectivity index (χ3n) is 4.18. The zero-order valence-electron chi connectivity index (χ0n) is 12.4. The van der Waals surface area contributed by atoms with Gasteiger partial charge in [0.05, 0.1) is 30.9 Å². The van der Waals surface area contributed by atoms with E-state index < -0.39 is 17.8 Å². The monoisotopic (exact) mass is 317 g/mol. The molecule has 0 bridgehead atoms. The van der Waals surface area contributed by atoms with Crippen molar-refractivity contribution < 1.29 is 18.7 Å². The quantitative estimate of drug-likeness (QED) is 0.813. The normalized spacial score (nSPS) is 24.6. The van der Waals surface area contributed by atoms with E-state index in [2.05, 4.69) is 0 Å². The Morgan fingerprint density at radius 3 is 2.91 bits per heavy atom. The predicted octanol–water partition coefficient (Wildman–Crippen LogP) is 0.930. The van der Waals surface area contributed by atoms with Crippen LogP contribution in [0.2, 0.25) is 0 Å². The first-order valence-electron chi connectivity index (χ1n) is 7.44. The zero-order valence-corrected chi connectivity index (χ0v) is 12.4. The van der Waals surface area contributed by atoms with Gasteiger partial charge in [-0.2, -0.15) is 5.26 Å². The fourth-order valence-corrected chi connectivity index (χ4v) is 2.99. The number of para-hydroxylation sites is 1. The molecule has 0 aliphatic carbocycles. The Morgan fingerprint density at radius 2 is 2.17 bits per heavy atom. The summed E-state index contributed by atoms with van der Waals surface area (Å²) < 4.78 is 19.1. The molecule has 1 aromatic carbocycles. The van der Waals surface area contributed by atoms with Crippen molar-refractivity contribution in [3.63, 3.8) is 0 Å². The Labute approximate surface area is 133 Å². The van der Waals surface area contributed by atoms with E-state index in [4.69, 9.17) is 10.00 Å². The van der Waals surface area contributed by atoms with Gasteiger partial charge in [0.1, 0.15) is 11.9 Å². The number of hydrogen-bond acceptors (Lipinski definition) is 4. The van der Waals surface area contributed by atoms with Crippen LogP contribution in [0.3, 0.4) is 0 Å². The Kier molecular flexibility index (Phi) is 4.26. The van der Waals surface area contributed by atoms with Gasteiger partial charge in [0, 0.05) is 19.5 Å². The first-order chi connectivity index (χ1) is 11.1. The number of benzene rings is 1. The number of nitrogens with zero attached hydrogens (tertiary/aromatic N) is 3. The number of nitriles is 1. The van der Waals surface area contributed by atoms with E-state index >= 15 is 0 Å². The first kappa shape index (κ1) is 15.4. The van der Waals surface area contributed by atoms with Gasteiger partial charge in [-0.05, 0) is 12.1 Å². The number of carbonyl (C=O) groups is 2. The van der Waals surface area contributed by atoms with E-state index in [-0.39, 0.29) is 37.1 Å². The van der Waals surface area contributed by atoms with Crippen LogP contribution in [-0.2, 0) is 14.3 Å². The summed E-state index contributed by atoms with van der Waals surface area (Å²) >= 11 is 0. The van der Waals surface area contributed by atoms with Gasteiger partial charge in [0.15, 0.2) is 0 Å². The van der Waals surface area contributed by atoms with E-state index in [1.54, 1.807) is 12.1 Å². The number of amides is 2. The number of carbonyl (C=O) groups excluding carboxylic acids is 2. The standard InChI is InChI=1S/C16H16FN3O3/c17-13-3-1-2-4-14(13)20-9-11(7-15(20)21)16(22)19-5-6-23-10-12(19)8-18/h1-4,11-12H,5-7,9-10H2. The highest BCUT2D eigenvalue weighted by atomic mass is 19.1. The molecule has 0 aromatic heterocycles. The Hall–Kier alpha value is -2.46. The summed E-state index contributed by atoms with van der Waals surface area (Å²) in [6, 6.07) is 7.41. The van der Waals surface area contributed by atoms with Crippen LogP contribution in [0.4, 0.5) is 10.1 Å². The second kappa shape index (κ2) is 6.34. The van der Waals surface area contributed by atoms with E-state index in [1.807, 2.05) is 6.07 Å². The van der Waals surface area contributed by atoms with E-state index in [0.29, 0.717) is 13.2 Å². The van der Waals surface area contributed by atoms with Crippen LogP contribution in [0.25, 0.3) is 0 Å². The average molecular weight is 317 g/mol. The summed E-state index contributed by atoms with van der Waals surface area (Å²) in [4.78, 5) is 27.6. The fraction of sp³-hybridized carbons (Fsp3) is 0.438. The molecule has 0 N–H and O–H groups in total. The lowest BCUT2D eigenvalue weighted by Crippen LogP contribution is -2.50. The molecule has 0 radical (unpaired) electrons. The number of hydrogen-bond donors (Lipinski definition) is 0. The second-order valence-corrected chi connectivity index (χ2v) is 5.61. The van der Waals surface area contributed by atoms with Gasteiger partial charge in [-0.1, -0.05) is 12.1 Å². The molecule has 0 saturated carbocycles. The molecule has 2 aliphatic rings. The number of halogens is 1. The van der Waals surface area contributed by atoms with Crippen LogP contribution < -0.4 is 4.90 Å². The van der Waals surface area contributed by atoms with Crippen LogP contribution in [-0.4, -0.2) is 49.1 Å². The van der Waals surface area contributed by atoms with Crippen molar-refractivity contribution in [1.29, 1.82) is 5.26 Å². The van der Waals surface area contributed by atoms with Gasteiger partial charge in [-0.25, -0.2) is 4.39 Å². The van der Waals surface area contributed by atoms with Gasteiger partial charge >= 0.3 is 0 Å². The molecule has 2 saturated heterocycles. The van der Waals surface area contributed by atoms with E-state index in [9.17, 15) is 14.0 Å². The summed E-state index contributed by atoms with van der Waals surface area (Å²) in [5.41, 5.74) is 0.187. The molecule has 2 amide bonds. The van der Waals surface area contributed by atoms with Crippen LogP contribution in [0.5, 0.6) is 0 Å². The molecule has 2 unspecified atom stereocenters. The van der Waals surface area contributed by atoms with Crippen LogP contribution >= 0.6 is 0 Å². The maximum Gasteiger partial charge on any atom is 0.229 e.